The highest BCUT2D eigenvalue weighted by Crippen LogP contribution is 2.34. The third kappa shape index (κ3) is 4.19. The lowest BCUT2D eigenvalue weighted by Gasteiger charge is -2.07. The monoisotopic (exact) mass is 422 g/mol. The summed E-state index contributed by atoms with van der Waals surface area (Å²) in [5.41, 5.74) is 3.16. The Kier molecular flexibility index (Phi) is 5.38. The number of hydrogen-bond acceptors (Lipinski definition) is 3. The molecule has 0 radical (unpaired) electrons. The van der Waals surface area contributed by atoms with Crippen molar-refractivity contribution in [2.24, 2.45) is 0 Å². The van der Waals surface area contributed by atoms with Crippen LogP contribution >= 0.6 is 23.2 Å². The minimum absolute atomic E-state index is 0.267. The third-order valence-corrected chi connectivity index (χ3v) is 5.19. The molecule has 0 atom stereocenters. The van der Waals surface area contributed by atoms with E-state index in [-0.39, 0.29) is 5.91 Å². The van der Waals surface area contributed by atoms with Crippen LogP contribution in [0.5, 0.6) is 0 Å². The first-order chi connectivity index (χ1) is 14.0. The van der Waals surface area contributed by atoms with Gasteiger partial charge in [-0.1, -0.05) is 35.3 Å². The van der Waals surface area contributed by atoms with E-state index >= 15 is 0 Å². The summed E-state index contributed by atoms with van der Waals surface area (Å²) >= 11 is 12.3. The van der Waals surface area contributed by atoms with Gasteiger partial charge in [-0.3, -0.25) is 9.78 Å². The maximum atomic E-state index is 12.4. The Balaban J connectivity index is 1.51. The number of carbonyl (C=O) groups is 1. The fraction of sp³-hybridized carbons (Fsp3) is 0.0435. The number of amides is 1. The molecular formula is C23H16Cl2N2O2. The highest BCUT2D eigenvalue weighted by molar-refractivity contribution is 6.43. The molecule has 4 aromatic rings. The van der Waals surface area contributed by atoms with Gasteiger partial charge in [0.25, 0.3) is 0 Å². The molecule has 2 heterocycles. The van der Waals surface area contributed by atoms with Crippen molar-refractivity contribution < 1.29 is 9.21 Å². The van der Waals surface area contributed by atoms with E-state index in [1.807, 2.05) is 43.3 Å². The molecule has 1 N–H and O–H groups in total. The van der Waals surface area contributed by atoms with Gasteiger partial charge in [0.05, 0.1) is 21.2 Å². The number of nitrogens with zero attached hydrogens (tertiary/aromatic N) is 1. The van der Waals surface area contributed by atoms with E-state index in [1.54, 1.807) is 30.3 Å². The molecule has 0 bridgehead atoms. The van der Waals surface area contributed by atoms with Crippen molar-refractivity contribution >= 4 is 51.8 Å². The first-order valence-electron chi connectivity index (χ1n) is 8.91. The molecule has 1 amide bonds. The second kappa shape index (κ2) is 8.11. The second-order valence-corrected chi connectivity index (χ2v) is 7.24. The number of anilines is 1. The molecule has 0 unspecified atom stereocenters. The maximum Gasteiger partial charge on any atom is 0.248 e. The van der Waals surface area contributed by atoms with Gasteiger partial charge in [-0.15, -0.1) is 0 Å². The Labute approximate surface area is 177 Å². The van der Waals surface area contributed by atoms with Crippen molar-refractivity contribution in [3.63, 3.8) is 0 Å². The van der Waals surface area contributed by atoms with Crippen LogP contribution in [0.15, 0.2) is 71.2 Å². The summed E-state index contributed by atoms with van der Waals surface area (Å²) in [5, 5.41) is 4.65. The smallest absolute Gasteiger partial charge is 0.248 e. The molecular weight excluding hydrogens is 407 g/mol. The molecule has 4 nitrogen and oxygen atoms in total. The van der Waals surface area contributed by atoms with Crippen LogP contribution in [-0.4, -0.2) is 10.9 Å². The number of benzene rings is 2. The zero-order valence-corrected chi connectivity index (χ0v) is 17.0. The lowest BCUT2D eigenvalue weighted by Crippen LogP contribution is -2.08. The number of aromatic nitrogens is 1. The summed E-state index contributed by atoms with van der Waals surface area (Å²) in [4.78, 5) is 16.9. The number of carbonyl (C=O) groups excluding carboxylic acids is 1. The Bertz CT molecular complexity index is 1240. The highest BCUT2D eigenvalue weighted by atomic mass is 35.5. The summed E-state index contributed by atoms with van der Waals surface area (Å²) in [7, 11) is 0. The fourth-order valence-electron chi connectivity index (χ4n) is 2.98. The Hall–Kier alpha value is -3.08. The molecule has 29 heavy (non-hydrogen) atoms. The van der Waals surface area contributed by atoms with E-state index in [4.69, 9.17) is 27.6 Å². The Morgan fingerprint density at radius 3 is 2.72 bits per heavy atom. The van der Waals surface area contributed by atoms with Crippen molar-refractivity contribution in [3.05, 3.63) is 88.2 Å². The largest absolute Gasteiger partial charge is 0.457 e. The van der Waals surface area contributed by atoms with Gasteiger partial charge >= 0.3 is 0 Å². The SMILES string of the molecule is Cc1ccc2c(NC(=O)/C=C/c3ccc(-c4cccc(Cl)c4Cl)o3)cccc2n1. The molecule has 0 saturated carbocycles. The molecule has 0 fully saturated rings. The average Bonchev–Trinajstić information content (AvgIpc) is 3.17. The topological polar surface area (TPSA) is 55.1 Å². The molecule has 144 valence electrons. The summed E-state index contributed by atoms with van der Waals surface area (Å²) < 4.78 is 5.77. The summed E-state index contributed by atoms with van der Waals surface area (Å²) in [6.45, 7) is 1.93. The van der Waals surface area contributed by atoms with Crippen LogP contribution < -0.4 is 5.32 Å². The van der Waals surface area contributed by atoms with Crippen molar-refractivity contribution in [3.8, 4) is 11.3 Å². The molecule has 0 saturated heterocycles. The van der Waals surface area contributed by atoms with E-state index in [9.17, 15) is 4.79 Å². The lowest BCUT2D eigenvalue weighted by molar-refractivity contribution is -0.111. The van der Waals surface area contributed by atoms with Crippen LogP contribution in [0.4, 0.5) is 5.69 Å². The zero-order chi connectivity index (χ0) is 20.4. The molecule has 0 aliphatic heterocycles. The number of hydrogen-bond donors (Lipinski definition) is 1. The average molecular weight is 423 g/mol. The number of pyridine rings is 1. The molecule has 0 aliphatic rings. The van der Waals surface area contributed by atoms with Gasteiger partial charge in [-0.25, -0.2) is 0 Å². The van der Waals surface area contributed by atoms with E-state index in [0.717, 1.165) is 16.6 Å². The van der Waals surface area contributed by atoms with E-state index in [1.165, 1.54) is 6.08 Å². The minimum Gasteiger partial charge on any atom is -0.457 e. The number of fused-ring (bicyclic) bond motifs is 1. The standard InChI is InChI=1S/C23H16Cl2N2O2/c1-14-8-11-16-19(26-14)6-3-7-20(16)27-22(28)13-10-15-9-12-21(29-15)17-4-2-5-18(24)23(17)25/h2-13H,1H3,(H,27,28)/b13-10+. The van der Waals surface area contributed by atoms with Crippen LogP contribution in [0.2, 0.25) is 10.0 Å². The number of rotatable bonds is 4. The van der Waals surface area contributed by atoms with Gasteiger partial charge in [0, 0.05) is 22.7 Å². The Morgan fingerprint density at radius 1 is 1.03 bits per heavy atom. The molecule has 2 aromatic heterocycles. The van der Waals surface area contributed by atoms with Gasteiger partial charge in [0.1, 0.15) is 11.5 Å². The van der Waals surface area contributed by atoms with Crippen molar-refractivity contribution in [1.29, 1.82) is 0 Å². The molecule has 0 aliphatic carbocycles. The van der Waals surface area contributed by atoms with Crippen LogP contribution in [0.1, 0.15) is 11.5 Å². The second-order valence-electron chi connectivity index (χ2n) is 6.45. The van der Waals surface area contributed by atoms with Crippen molar-refractivity contribution in [2.75, 3.05) is 5.32 Å². The van der Waals surface area contributed by atoms with Gasteiger partial charge in [-0.2, -0.15) is 0 Å². The van der Waals surface area contributed by atoms with E-state index in [0.29, 0.717) is 32.8 Å². The first-order valence-corrected chi connectivity index (χ1v) is 9.66. The van der Waals surface area contributed by atoms with Crippen LogP contribution in [0.3, 0.4) is 0 Å². The maximum absolute atomic E-state index is 12.4. The normalized spacial score (nSPS) is 11.3. The predicted octanol–water partition coefficient (Wildman–Crippen LogP) is 6.76. The highest BCUT2D eigenvalue weighted by Gasteiger charge is 2.10. The quantitative estimate of drug-likeness (QED) is 0.369. The van der Waals surface area contributed by atoms with E-state index < -0.39 is 0 Å². The first kappa shape index (κ1) is 19.2. The minimum atomic E-state index is -0.267. The molecule has 4 rings (SSSR count). The van der Waals surface area contributed by atoms with E-state index in [2.05, 4.69) is 10.3 Å². The predicted molar refractivity (Wildman–Crippen MR) is 118 cm³/mol. The number of aryl methyl sites for hydroxylation is 1. The van der Waals surface area contributed by atoms with Gasteiger partial charge in [0.15, 0.2) is 0 Å². The molecule has 2 aromatic carbocycles. The number of furan rings is 1. The number of nitrogens with one attached hydrogen (secondary N) is 1. The molecule has 0 spiro atoms. The van der Waals surface area contributed by atoms with Crippen molar-refractivity contribution in [1.82, 2.24) is 4.98 Å². The fourth-order valence-corrected chi connectivity index (χ4v) is 3.37. The van der Waals surface area contributed by atoms with Gasteiger partial charge in [0.2, 0.25) is 5.91 Å². The Morgan fingerprint density at radius 2 is 1.86 bits per heavy atom. The van der Waals surface area contributed by atoms with Crippen LogP contribution in [0, 0.1) is 6.92 Å². The van der Waals surface area contributed by atoms with Crippen LogP contribution in [-0.2, 0) is 4.79 Å². The van der Waals surface area contributed by atoms with Gasteiger partial charge < -0.3 is 9.73 Å². The summed E-state index contributed by atoms with van der Waals surface area (Å²) in [6, 6.07) is 18.4. The summed E-state index contributed by atoms with van der Waals surface area (Å²) in [6.07, 6.45) is 3.02. The van der Waals surface area contributed by atoms with Gasteiger partial charge in [-0.05, 0) is 61.5 Å². The zero-order valence-electron chi connectivity index (χ0n) is 15.4. The van der Waals surface area contributed by atoms with Crippen molar-refractivity contribution in [2.45, 2.75) is 6.92 Å². The lowest BCUT2D eigenvalue weighted by atomic mass is 10.1. The summed E-state index contributed by atoms with van der Waals surface area (Å²) in [5.74, 6) is 0.839. The molecule has 6 heteroatoms. The van der Waals surface area contributed by atoms with Crippen LogP contribution in [0.25, 0.3) is 28.3 Å². The number of halogens is 2. The third-order valence-electron chi connectivity index (χ3n) is 4.37.